The number of carbonyl (C=O) groups is 1. The molecule has 1 fully saturated rings. The van der Waals surface area contributed by atoms with Crippen molar-refractivity contribution in [3.05, 3.63) is 62.7 Å². The van der Waals surface area contributed by atoms with Crippen molar-refractivity contribution in [2.75, 3.05) is 13.1 Å². The molecule has 0 aliphatic carbocycles. The van der Waals surface area contributed by atoms with Gasteiger partial charge >= 0.3 is 11.1 Å². The number of hydrogen-bond donors (Lipinski definition) is 2. The normalized spacial score (nSPS) is 17.4. The lowest BCUT2D eigenvalue weighted by atomic mass is 9.96. The molecule has 3 heterocycles. The van der Waals surface area contributed by atoms with Gasteiger partial charge in [0.15, 0.2) is 0 Å². The highest BCUT2D eigenvalue weighted by Gasteiger charge is 2.28. The average molecular weight is 381 g/mol. The smallest absolute Gasteiger partial charge is 0.314 e. The summed E-state index contributed by atoms with van der Waals surface area (Å²) in [6.07, 6.45) is 5.72. The molecule has 28 heavy (non-hydrogen) atoms. The number of H-pyrrole nitrogens is 2. The molecule has 4 rings (SSSR count). The minimum absolute atomic E-state index is 0.0821. The lowest BCUT2D eigenvalue weighted by molar-refractivity contribution is 0.0703. The number of rotatable bonds is 3. The second-order valence-electron chi connectivity index (χ2n) is 7.55. The maximum atomic E-state index is 13.1. The van der Waals surface area contributed by atoms with Crippen LogP contribution in [0.3, 0.4) is 0 Å². The van der Waals surface area contributed by atoms with Crippen LogP contribution in [0, 0.1) is 0 Å². The largest absolute Gasteiger partial charge is 0.338 e. The van der Waals surface area contributed by atoms with Gasteiger partial charge in [-0.15, -0.1) is 0 Å². The minimum atomic E-state index is -0.726. The van der Waals surface area contributed by atoms with Gasteiger partial charge in [0, 0.05) is 43.0 Å². The van der Waals surface area contributed by atoms with Crippen LogP contribution in [-0.4, -0.2) is 43.4 Å². The monoisotopic (exact) mass is 381 g/mol. The van der Waals surface area contributed by atoms with Gasteiger partial charge in [-0.2, -0.15) is 0 Å². The van der Waals surface area contributed by atoms with Gasteiger partial charge in [0.25, 0.3) is 5.91 Å². The maximum Gasteiger partial charge on any atom is 0.314 e. The number of carbonyl (C=O) groups excluding carboxylic acids is 1. The van der Waals surface area contributed by atoms with E-state index in [4.69, 9.17) is 0 Å². The van der Waals surface area contributed by atoms with Crippen molar-refractivity contribution < 1.29 is 4.79 Å². The SMILES string of the molecule is CC(C)n1ccnc1C1CCCN(C(=O)c2ccc3[nH]c(=O)c(=O)[nH]c3c2)C1. The molecule has 146 valence electrons. The molecule has 0 spiro atoms. The summed E-state index contributed by atoms with van der Waals surface area (Å²) in [4.78, 5) is 47.5. The molecule has 0 saturated carbocycles. The summed E-state index contributed by atoms with van der Waals surface area (Å²) in [5.41, 5.74) is 0.000743. The van der Waals surface area contributed by atoms with Gasteiger partial charge in [0.05, 0.1) is 11.0 Å². The number of aromatic amines is 2. The maximum absolute atomic E-state index is 13.1. The van der Waals surface area contributed by atoms with E-state index in [1.807, 2.05) is 17.3 Å². The van der Waals surface area contributed by atoms with Crippen LogP contribution in [0.4, 0.5) is 0 Å². The molecule has 0 radical (unpaired) electrons. The fourth-order valence-electron chi connectivity index (χ4n) is 3.88. The quantitative estimate of drug-likeness (QED) is 0.677. The van der Waals surface area contributed by atoms with E-state index in [0.717, 1.165) is 18.7 Å². The molecular formula is C20H23N5O3. The number of amides is 1. The molecule has 1 amide bonds. The topological polar surface area (TPSA) is 104 Å². The molecule has 3 aromatic rings. The van der Waals surface area contributed by atoms with Gasteiger partial charge in [-0.25, -0.2) is 4.98 Å². The Balaban J connectivity index is 1.60. The molecule has 2 aromatic heterocycles. The summed E-state index contributed by atoms with van der Waals surface area (Å²) in [5.74, 6) is 1.14. The van der Waals surface area contributed by atoms with Crippen LogP contribution < -0.4 is 11.1 Å². The van der Waals surface area contributed by atoms with E-state index in [0.29, 0.717) is 35.7 Å². The van der Waals surface area contributed by atoms with E-state index in [1.54, 1.807) is 18.2 Å². The van der Waals surface area contributed by atoms with Crippen molar-refractivity contribution in [3.63, 3.8) is 0 Å². The van der Waals surface area contributed by atoms with E-state index >= 15 is 0 Å². The van der Waals surface area contributed by atoms with Gasteiger partial charge in [0.1, 0.15) is 5.82 Å². The van der Waals surface area contributed by atoms with E-state index in [1.165, 1.54) is 0 Å². The predicted octanol–water partition coefficient (Wildman–Crippen LogP) is 2.01. The number of aromatic nitrogens is 4. The van der Waals surface area contributed by atoms with Crippen molar-refractivity contribution in [1.29, 1.82) is 0 Å². The number of piperidine rings is 1. The molecule has 1 unspecified atom stereocenters. The lowest BCUT2D eigenvalue weighted by Crippen LogP contribution is -2.40. The van der Waals surface area contributed by atoms with Crippen LogP contribution >= 0.6 is 0 Å². The van der Waals surface area contributed by atoms with Crippen molar-refractivity contribution in [2.24, 2.45) is 0 Å². The molecule has 2 N–H and O–H groups in total. The molecule has 1 aliphatic heterocycles. The van der Waals surface area contributed by atoms with Crippen molar-refractivity contribution in [2.45, 2.75) is 38.6 Å². The fourth-order valence-corrected chi connectivity index (χ4v) is 3.88. The van der Waals surface area contributed by atoms with Crippen molar-refractivity contribution >= 4 is 16.9 Å². The number of likely N-dealkylation sites (tertiary alicyclic amines) is 1. The van der Waals surface area contributed by atoms with Crippen LogP contribution in [0.5, 0.6) is 0 Å². The Labute approximate surface area is 161 Å². The Hall–Kier alpha value is -3.16. The number of nitrogens with zero attached hydrogens (tertiary/aromatic N) is 3. The third kappa shape index (κ3) is 3.26. The highest BCUT2D eigenvalue weighted by atomic mass is 16.2. The van der Waals surface area contributed by atoms with Gasteiger partial charge in [-0.05, 0) is 44.9 Å². The third-order valence-corrected chi connectivity index (χ3v) is 5.30. The molecule has 1 aromatic carbocycles. The second-order valence-corrected chi connectivity index (χ2v) is 7.55. The number of imidazole rings is 1. The highest BCUT2D eigenvalue weighted by molar-refractivity contribution is 5.97. The van der Waals surface area contributed by atoms with Gasteiger partial charge in [-0.1, -0.05) is 0 Å². The van der Waals surface area contributed by atoms with E-state index in [-0.39, 0.29) is 11.8 Å². The molecule has 8 nitrogen and oxygen atoms in total. The predicted molar refractivity (Wildman–Crippen MR) is 106 cm³/mol. The summed E-state index contributed by atoms with van der Waals surface area (Å²) in [6.45, 7) is 5.55. The molecule has 1 atom stereocenters. The Morgan fingerprint density at radius 1 is 1.18 bits per heavy atom. The second kappa shape index (κ2) is 7.10. The first-order valence-electron chi connectivity index (χ1n) is 9.52. The first kappa shape index (κ1) is 18.2. The van der Waals surface area contributed by atoms with E-state index in [9.17, 15) is 14.4 Å². The zero-order valence-electron chi connectivity index (χ0n) is 15.9. The lowest BCUT2D eigenvalue weighted by Gasteiger charge is -2.33. The Morgan fingerprint density at radius 3 is 2.68 bits per heavy atom. The zero-order valence-corrected chi connectivity index (χ0v) is 15.9. The van der Waals surface area contributed by atoms with Crippen LogP contribution in [0.2, 0.25) is 0 Å². The van der Waals surface area contributed by atoms with E-state index in [2.05, 4.69) is 33.4 Å². The molecule has 0 bridgehead atoms. The molecular weight excluding hydrogens is 358 g/mol. The zero-order chi connectivity index (χ0) is 19.8. The van der Waals surface area contributed by atoms with Crippen LogP contribution in [0.15, 0.2) is 40.2 Å². The first-order chi connectivity index (χ1) is 13.4. The molecule has 8 heteroatoms. The fraction of sp³-hybridized carbons (Fsp3) is 0.400. The van der Waals surface area contributed by atoms with Gasteiger partial charge in [0.2, 0.25) is 0 Å². The van der Waals surface area contributed by atoms with Crippen LogP contribution in [0.25, 0.3) is 11.0 Å². The van der Waals surface area contributed by atoms with Crippen LogP contribution in [0.1, 0.15) is 54.8 Å². The summed E-state index contributed by atoms with van der Waals surface area (Å²) in [6, 6.07) is 5.26. The Morgan fingerprint density at radius 2 is 1.93 bits per heavy atom. The van der Waals surface area contributed by atoms with Gasteiger partial charge in [-0.3, -0.25) is 14.4 Å². The first-order valence-corrected chi connectivity index (χ1v) is 9.52. The van der Waals surface area contributed by atoms with Crippen molar-refractivity contribution in [3.8, 4) is 0 Å². The minimum Gasteiger partial charge on any atom is -0.338 e. The number of benzene rings is 1. The van der Waals surface area contributed by atoms with Gasteiger partial charge < -0.3 is 19.4 Å². The molecule has 1 aliphatic rings. The highest BCUT2D eigenvalue weighted by Crippen LogP contribution is 2.28. The average Bonchev–Trinajstić information content (AvgIpc) is 3.18. The number of hydrogen-bond acceptors (Lipinski definition) is 4. The third-order valence-electron chi connectivity index (χ3n) is 5.30. The summed E-state index contributed by atoms with van der Waals surface area (Å²) in [7, 11) is 0. The Bertz CT molecular complexity index is 1140. The van der Waals surface area contributed by atoms with Crippen LogP contribution in [-0.2, 0) is 0 Å². The summed E-state index contributed by atoms with van der Waals surface area (Å²) < 4.78 is 2.16. The number of nitrogens with one attached hydrogen (secondary N) is 2. The molecule has 1 saturated heterocycles. The van der Waals surface area contributed by atoms with E-state index < -0.39 is 11.1 Å². The number of fused-ring (bicyclic) bond motifs is 1. The van der Waals surface area contributed by atoms with Crippen molar-refractivity contribution in [1.82, 2.24) is 24.4 Å². The summed E-state index contributed by atoms with van der Waals surface area (Å²) >= 11 is 0. The standard InChI is InChI=1S/C20H23N5O3/c1-12(2)25-9-7-21-17(25)14-4-3-8-24(11-14)20(28)13-5-6-15-16(10-13)23-19(27)18(26)22-15/h5-7,9-10,12,14H,3-4,8,11H2,1-2H3,(H,22,26)(H,23,27). The summed E-state index contributed by atoms with van der Waals surface area (Å²) in [5, 5.41) is 0. The Kier molecular flexibility index (Phi) is 4.62.